The Morgan fingerprint density at radius 1 is 0.932 bits per heavy atom. The van der Waals surface area contributed by atoms with Crippen LogP contribution >= 0.6 is 15.9 Å². The van der Waals surface area contributed by atoms with Gasteiger partial charge in [0.05, 0.1) is 17.3 Å². The molecular weight excluding hydrogens is 629 g/mol. The van der Waals surface area contributed by atoms with Crippen LogP contribution in [0.15, 0.2) is 98.9 Å². The van der Waals surface area contributed by atoms with Gasteiger partial charge in [-0.3, -0.25) is 4.79 Å². The number of hydrazone groups is 1. The Labute approximate surface area is 263 Å². The van der Waals surface area contributed by atoms with E-state index in [1.165, 1.54) is 18.3 Å². The fourth-order valence-corrected chi connectivity index (χ4v) is 5.10. The third kappa shape index (κ3) is 7.57. The van der Waals surface area contributed by atoms with Gasteiger partial charge in [-0.15, -0.1) is 0 Å². The zero-order chi connectivity index (χ0) is 31.1. The van der Waals surface area contributed by atoms with Gasteiger partial charge in [0.2, 0.25) is 0 Å². The summed E-state index contributed by atoms with van der Waals surface area (Å²) in [4.78, 5) is 12.6. The van der Waals surface area contributed by atoms with Crippen LogP contribution in [0.4, 0.5) is 4.39 Å². The number of furan rings is 1. The lowest BCUT2D eigenvalue weighted by molar-refractivity contribution is 0.0923. The summed E-state index contributed by atoms with van der Waals surface area (Å²) in [5.41, 5.74) is 7.33. The maximum atomic E-state index is 13.2. The molecule has 3 aromatic carbocycles. The van der Waals surface area contributed by atoms with Crippen molar-refractivity contribution in [1.29, 1.82) is 0 Å². The molecule has 0 aliphatic rings. The van der Waals surface area contributed by atoms with Gasteiger partial charge in [0.1, 0.15) is 30.5 Å². The molecule has 44 heavy (non-hydrogen) atoms. The molecule has 0 saturated carbocycles. The van der Waals surface area contributed by atoms with E-state index in [9.17, 15) is 9.18 Å². The van der Waals surface area contributed by atoms with E-state index < -0.39 is 5.91 Å². The van der Waals surface area contributed by atoms with Crippen molar-refractivity contribution in [2.75, 3.05) is 6.61 Å². The number of benzene rings is 3. The van der Waals surface area contributed by atoms with Crippen LogP contribution in [0.3, 0.4) is 0 Å². The summed E-state index contributed by atoms with van der Waals surface area (Å²) in [5, 5.41) is 4.07. The van der Waals surface area contributed by atoms with Gasteiger partial charge in [-0.25, -0.2) is 9.82 Å². The summed E-state index contributed by atoms with van der Waals surface area (Å²) in [6, 6.07) is 24.9. The van der Waals surface area contributed by atoms with Crippen LogP contribution in [0.2, 0.25) is 0 Å². The quantitative estimate of drug-likeness (QED) is 0.109. The van der Waals surface area contributed by atoms with E-state index >= 15 is 0 Å². The standard InChI is InChI=1S/C34H31BrFN3O5/c1-4-41-32-18-25(17-30(35)33(32)43-20-24-7-9-26(36)10-8-24)19-37-38-34(40)31-16-15-29(44-31)21-42-28-13-11-27(12-14-28)39-22(2)5-6-23(39)3/h5-19H,4,20-21H2,1-3H3,(H,38,40)/b37-19+. The Morgan fingerprint density at radius 3 is 2.36 bits per heavy atom. The van der Waals surface area contributed by atoms with Crippen LogP contribution in [-0.2, 0) is 13.2 Å². The smallest absolute Gasteiger partial charge is 0.307 e. The van der Waals surface area contributed by atoms with Gasteiger partial charge in [-0.05, 0) is 121 Å². The largest absolute Gasteiger partial charge is 0.490 e. The Kier molecular flexibility index (Phi) is 9.81. The first kappa shape index (κ1) is 30.6. The van der Waals surface area contributed by atoms with Crippen molar-refractivity contribution in [2.45, 2.75) is 34.0 Å². The number of halogens is 2. The molecule has 0 fully saturated rings. The van der Waals surface area contributed by atoms with Crippen LogP contribution in [0, 0.1) is 19.7 Å². The minimum atomic E-state index is -0.502. The van der Waals surface area contributed by atoms with Crippen molar-refractivity contribution in [2.24, 2.45) is 5.10 Å². The number of rotatable bonds is 12. The van der Waals surface area contributed by atoms with Crippen molar-refractivity contribution >= 4 is 28.1 Å². The molecule has 226 valence electrons. The topological polar surface area (TPSA) is 87.2 Å². The number of ether oxygens (including phenoxy) is 3. The highest BCUT2D eigenvalue weighted by atomic mass is 79.9. The number of amides is 1. The van der Waals surface area contributed by atoms with Crippen LogP contribution in [0.25, 0.3) is 5.69 Å². The van der Waals surface area contributed by atoms with E-state index in [4.69, 9.17) is 18.6 Å². The van der Waals surface area contributed by atoms with Crippen LogP contribution in [0.5, 0.6) is 17.2 Å². The second kappa shape index (κ2) is 14.1. The molecule has 5 rings (SSSR count). The number of hydrogen-bond acceptors (Lipinski definition) is 6. The van der Waals surface area contributed by atoms with E-state index in [1.54, 1.807) is 36.4 Å². The SMILES string of the molecule is CCOc1cc(/C=N/NC(=O)c2ccc(COc3ccc(-n4c(C)ccc4C)cc3)o2)cc(Br)c1OCc1ccc(F)cc1. The predicted molar refractivity (Wildman–Crippen MR) is 169 cm³/mol. The van der Waals surface area contributed by atoms with Gasteiger partial charge in [-0.2, -0.15) is 5.10 Å². The van der Waals surface area contributed by atoms with Gasteiger partial charge < -0.3 is 23.2 Å². The second-order valence-electron chi connectivity index (χ2n) is 9.88. The minimum absolute atomic E-state index is 0.107. The summed E-state index contributed by atoms with van der Waals surface area (Å²) in [7, 11) is 0. The van der Waals surface area contributed by atoms with Crippen molar-refractivity contribution in [3.63, 3.8) is 0 Å². The molecular formula is C34H31BrFN3O5. The lowest BCUT2D eigenvalue weighted by Crippen LogP contribution is -2.16. The molecule has 0 unspecified atom stereocenters. The molecule has 5 aromatic rings. The molecule has 10 heteroatoms. The highest BCUT2D eigenvalue weighted by Gasteiger charge is 2.14. The second-order valence-corrected chi connectivity index (χ2v) is 10.7. The number of aryl methyl sites for hydroxylation is 2. The molecule has 0 aliphatic heterocycles. The van der Waals surface area contributed by atoms with Crippen molar-refractivity contribution < 1.29 is 27.8 Å². The third-order valence-electron chi connectivity index (χ3n) is 6.64. The normalized spacial score (nSPS) is 11.1. The zero-order valence-corrected chi connectivity index (χ0v) is 26.1. The van der Waals surface area contributed by atoms with Gasteiger partial charge in [0.15, 0.2) is 17.3 Å². The molecule has 0 radical (unpaired) electrons. The summed E-state index contributed by atoms with van der Waals surface area (Å²) in [5.74, 6) is 1.49. The van der Waals surface area contributed by atoms with Gasteiger partial charge in [-0.1, -0.05) is 12.1 Å². The van der Waals surface area contributed by atoms with E-state index in [2.05, 4.69) is 57.0 Å². The number of aromatic nitrogens is 1. The van der Waals surface area contributed by atoms with Crippen LogP contribution < -0.4 is 19.6 Å². The lowest BCUT2D eigenvalue weighted by Gasteiger charge is -2.14. The maximum absolute atomic E-state index is 13.2. The van der Waals surface area contributed by atoms with Gasteiger partial charge in [0.25, 0.3) is 0 Å². The Morgan fingerprint density at radius 2 is 1.66 bits per heavy atom. The maximum Gasteiger partial charge on any atom is 0.307 e. The van der Waals surface area contributed by atoms with Crippen LogP contribution in [-0.4, -0.2) is 23.3 Å². The average molecular weight is 661 g/mol. The molecule has 1 N–H and O–H groups in total. The zero-order valence-electron chi connectivity index (χ0n) is 24.5. The summed E-state index contributed by atoms with van der Waals surface area (Å²) in [6.07, 6.45) is 1.49. The van der Waals surface area contributed by atoms with E-state index in [0.29, 0.717) is 39.7 Å². The van der Waals surface area contributed by atoms with Crippen molar-refractivity contribution in [3.8, 4) is 22.9 Å². The number of hydrogen-bond donors (Lipinski definition) is 1. The third-order valence-corrected chi connectivity index (χ3v) is 7.23. The number of carbonyl (C=O) groups is 1. The van der Waals surface area contributed by atoms with Crippen molar-refractivity contribution in [3.05, 3.63) is 129 Å². The highest BCUT2D eigenvalue weighted by Crippen LogP contribution is 2.37. The fraction of sp³-hybridized carbons (Fsp3) is 0.176. The average Bonchev–Trinajstić information content (AvgIpc) is 3.63. The molecule has 0 saturated heterocycles. The molecule has 0 aliphatic carbocycles. The first-order valence-corrected chi connectivity index (χ1v) is 14.7. The number of nitrogens with one attached hydrogen (secondary N) is 1. The van der Waals surface area contributed by atoms with Crippen molar-refractivity contribution in [1.82, 2.24) is 9.99 Å². The Hall–Kier alpha value is -4.83. The lowest BCUT2D eigenvalue weighted by atomic mass is 10.2. The first-order valence-electron chi connectivity index (χ1n) is 13.9. The first-order chi connectivity index (χ1) is 21.3. The Balaban J connectivity index is 1.15. The summed E-state index contributed by atoms with van der Waals surface area (Å²) < 4.78 is 39.2. The van der Waals surface area contributed by atoms with E-state index in [1.807, 2.05) is 31.2 Å². The summed E-state index contributed by atoms with van der Waals surface area (Å²) in [6.45, 7) is 6.82. The molecule has 0 atom stereocenters. The van der Waals surface area contributed by atoms with E-state index in [-0.39, 0.29) is 24.8 Å². The molecule has 0 spiro atoms. The molecule has 2 aromatic heterocycles. The molecule has 2 heterocycles. The Bertz CT molecular complexity index is 1740. The number of nitrogens with zero attached hydrogens (tertiary/aromatic N) is 2. The minimum Gasteiger partial charge on any atom is -0.490 e. The number of carbonyl (C=O) groups excluding carboxylic acids is 1. The van der Waals surface area contributed by atoms with Gasteiger partial charge in [0, 0.05) is 17.1 Å². The molecule has 1 amide bonds. The monoisotopic (exact) mass is 659 g/mol. The fourth-order valence-electron chi connectivity index (χ4n) is 4.52. The predicted octanol–water partition coefficient (Wildman–Crippen LogP) is 7.91. The highest BCUT2D eigenvalue weighted by molar-refractivity contribution is 9.10. The summed E-state index contributed by atoms with van der Waals surface area (Å²) >= 11 is 3.52. The molecule has 0 bridgehead atoms. The molecule has 8 nitrogen and oxygen atoms in total. The van der Waals surface area contributed by atoms with E-state index in [0.717, 1.165) is 22.6 Å². The van der Waals surface area contributed by atoms with Gasteiger partial charge >= 0.3 is 5.91 Å². The van der Waals surface area contributed by atoms with Crippen LogP contribution in [0.1, 0.15) is 45.8 Å².